The number of hydrogen-bond donors (Lipinski definition) is 1. The van der Waals surface area contributed by atoms with Crippen molar-refractivity contribution in [3.8, 4) is 0 Å². The Kier molecular flexibility index (Phi) is 2.90. The summed E-state index contributed by atoms with van der Waals surface area (Å²) in [5.41, 5.74) is 0.747. The predicted molar refractivity (Wildman–Crippen MR) is 55.1 cm³/mol. The zero-order valence-corrected chi connectivity index (χ0v) is 8.59. The van der Waals surface area contributed by atoms with Crippen LogP contribution in [0.4, 0.5) is 0 Å². The van der Waals surface area contributed by atoms with Gasteiger partial charge in [0.05, 0.1) is 5.76 Å². The summed E-state index contributed by atoms with van der Waals surface area (Å²) in [7, 11) is 0. The van der Waals surface area contributed by atoms with Crippen LogP contribution in [0.15, 0.2) is 11.3 Å². The van der Waals surface area contributed by atoms with Crippen LogP contribution in [0.5, 0.6) is 0 Å². The highest BCUT2D eigenvalue weighted by molar-refractivity contribution is 5.98. The number of rotatable bonds is 2. The van der Waals surface area contributed by atoms with Gasteiger partial charge in [-0.1, -0.05) is 32.1 Å². The van der Waals surface area contributed by atoms with E-state index < -0.39 is 0 Å². The third kappa shape index (κ3) is 1.99. The van der Waals surface area contributed by atoms with Gasteiger partial charge in [0, 0.05) is 18.4 Å². The quantitative estimate of drug-likeness (QED) is 0.733. The van der Waals surface area contributed by atoms with Crippen molar-refractivity contribution < 1.29 is 9.90 Å². The Morgan fingerprint density at radius 1 is 1.14 bits per heavy atom. The van der Waals surface area contributed by atoms with E-state index in [1.165, 1.54) is 32.1 Å². The van der Waals surface area contributed by atoms with Crippen LogP contribution >= 0.6 is 0 Å². The Morgan fingerprint density at radius 2 is 1.86 bits per heavy atom. The van der Waals surface area contributed by atoms with E-state index in [4.69, 9.17) is 0 Å². The first-order valence-electron chi connectivity index (χ1n) is 5.71. The molecule has 2 aliphatic rings. The Morgan fingerprint density at radius 3 is 2.43 bits per heavy atom. The summed E-state index contributed by atoms with van der Waals surface area (Å²) in [6, 6.07) is 0. The van der Waals surface area contributed by atoms with Gasteiger partial charge in [0.15, 0.2) is 5.78 Å². The smallest absolute Gasteiger partial charge is 0.162 e. The summed E-state index contributed by atoms with van der Waals surface area (Å²) in [6.07, 6.45) is 8.38. The molecule has 0 aromatic carbocycles. The van der Waals surface area contributed by atoms with E-state index in [9.17, 15) is 9.90 Å². The molecule has 0 amide bonds. The number of Topliss-reactive ketones (excluding diaryl/α,β-unsaturated/α-hetero) is 1. The molecule has 0 saturated heterocycles. The molecule has 0 bridgehead atoms. The lowest BCUT2D eigenvalue weighted by molar-refractivity contribution is -0.115. The molecule has 2 aliphatic carbocycles. The van der Waals surface area contributed by atoms with E-state index in [2.05, 4.69) is 0 Å². The minimum absolute atomic E-state index is 0.188. The molecule has 14 heavy (non-hydrogen) atoms. The minimum atomic E-state index is 0.188. The third-order valence-electron chi connectivity index (χ3n) is 3.49. The standard InChI is InChI=1S/C12H18O2/c13-11-6-7-12(14)10(11)8-9-4-2-1-3-5-9/h9,13H,1-8H2. The largest absolute Gasteiger partial charge is 0.512 e. The maximum Gasteiger partial charge on any atom is 0.162 e. The van der Waals surface area contributed by atoms with Gasteiger partial charge in [-0.2, -0.15) is 0 Å². The topological polar surface area (TPSA) is 37.3 Å². The van der Waals surface area contributed by atoms with Crippen molar-refractivity contribution in [2.75, 3.05) is 0 Å². The molecule has 1 fully saturated rings. The summed E-state index contributed by atoms with van der Waals surface area (Å²) in [4.78, 5) is 11.4. The molecule has 1 N–H and O–H groups in total. The molecule has 0 radical (unpaired) electrons. The van der Waals surface area contributed by atoms with Gasteiger partial charge < -0.3 is 5.11 Å². The van der Waals surface area contributed by atoms with Crippen LogP contribution in [-0.4, -0.2) is 10.9 Å². The normalized spacial score (nSPS) is 24.7. The zero-order chi connectivity index (χ0) is 9.97. The van der Waals surface area contributed by atoms with Crippen molar-refractivity contribution in [3.05, 3.63) is 11.3 Å². The van der Waals surface area contributed by atoms with Gasteiger partial charge in [0.25, 0.3) is 0 Å². The SMILES string of the molecule is O=C1CCC(O)=C1CC1CCCCC1. The van der Waals surface area contributed by atoms with Crippen LogP contribution < -0.4 is 0 Å². The molecule has 0 heterocycles. The van der Waals surface area contributed by atoms with Crippen molar-refractivity contribution >= 4 is 5.78 Å². The number of carbonyl (C=O) groups excluding carboxylic acids is 1. The van der Waals surface area contributed by atoms with Gasteiger partial charge in [-0.15, -0.1) is 0 Å². The fourth-order valence-corrected chi connectivity index (χ4v) is 2.61. The van der Waals surface area contributed by atoms with Gasteiger partial charge in [0.2, 0.25) is 0 Å². The van der Waals surface area contributed by atoms with Crippen LogP contribution in [0.1, 0.15) is 51.4 Å². The number of hydrogen-bond acceptors (Lipinski definition) is 2. The van der Waals surface area contributed by atoms with Crippen molar-refractivity contribution in [2.24, 2.45) is 5.92 Å². The second kappa shape index (κ2) is 4.16. The molecular formula is C12H18O2. The van der Waals surface area contributed by atoms with Gasteiger partial charge in [-0.3, -0.25) is 4.79 Å². The van der Waals surface area contributed by atoms with E-state index in [1.54, 1.807) is 0 Å². The average molecular weight is 194 g/mol. The summed E-state index contributed by atoms with van der Waals surface area (Å²) in [5, 5.41) is 9.55. The molecular weight excluding hydrogens is 176 g/mol. The van der Waals surface area contributed by atoms with E-state index in [1.807, 2.05) is 0 Å². The van der Waals surface area contributed by atoms with Gasteiger partial charge in [-0.05, 0) is 12.3 Å². The Balaban J connectivity index is 1.95. The Hall–Kier alpha value is -0.790. The molecule has 2 rings (SSSR count). The lowest BCUT2D eigenvalue weighted by atomic mass is 9.84. The molecule has 0 aromatic heterocycles. The number of aliphatic hydroxyl groups excluding tert-OH is 1. The molecule has 2 nitrogen and oxygen atoms in total. The maximum atomic E-state index is 11.4. The molecule has 1 saturated carbocycles. The highest BCUT2D eigenvalue weighted by Gasteiger charge is 2.25. The van der Waals surface area contributed by atoms with Gasteiger partial charge >= 0.3 is 0 Å². The monoisotopic (exact) mass is 194 g/mol. The van der Waals surface area contributed by atoms with E-state index in [0.717, 1.165) is 12.0 Å². The summed E-state index contributed by atoms with van der Waals surface area (Å²) < 4.78 is 0. The molecule has 0 unspecified atom stereocenters. The van der Waals surface area contributed by atoms with Crippen molar-refractivity contribution in [1.82, 2.24) is 0 Å². The predicted octanol–water partition coefficient (Wildman–Crippen LogP) is 3.13. The van der Waals surface area contributed by atoms with E-state index in [-0.39, 0.29) is 5.78 Å². The first-order chi connectivity index (χ1) is 6.77. The molecule has 0 spiro atoms. The van der Waals surface area contributed by atoms with Crippen molar-refractivity contribution in [3.63, 3.8) is 0 Å². The fourth-order valence-electron chi connectivity index (χ4n) is 2.61. The average Bonchev–Trinajstić information content (AvgIpc) is 2.51. The van der Waals surface area contributed by atoms with Crippen LogP contribution in [0.25, 0.3) is 0 Å². The number of ketones is 1. The van der Waals surface area contributed by atoms with Crippen LogP contribution in [0.2, 0.25) is 0 Å². The second-order valence-corrected chi connectivity index (χ2v) is 4.56. The zero-order valence-electron chi connectivity index (χ0n) is 8.59. The molecule has 2 heteroatoms. The van der Waals surface area contributed by atoms with E-state index >= 15 is 0 Å². The highest BCUT2D eigenvalue weighted by atomic mass is 16.3. The van der Waals surface area contributed by atoms with Gasteiger partial charge in [-0.25, -0.2) is 0 Å². The number of aliphatic hydroxyl groups is 1. The molecule has 78 valence electrons. The maximum absolute atomic E-state index is 11.4. The molecule has 0 atom stereocenters. The van der Waals surface area contributed by atoms with Crippen LogP contribution in [0, 0.1) is 5.92 Å². The van der Waals surface area contributed by atoms with Gasteiger partial charge in [0.1, 0.15) is 0 Å². The Bertz CT molecular complexity index is 259. The first kappa shape index (κ1) is 9.75. The summed E-state index contributed by atoms with van der Waals surface area (Å²) in [5.74, 6) is 1.22. The number of allylic oxidation sites excluding steroid dienone is 2. The Labute approximate surface area is 85.0 Å². The lowest BCUT2D eigenvalue weighted by Gasteiger charge is -2.21. The summed E-state index contributed by atoms with van der Waals surface area (Å²) in [6.45, 7) is 0. The molecule has 0 aromatic rings. The third-order valence-corrected chi connectivity index (χ3v) is 3.49. The van der Waals surface area contributed by atoms with Crippen molar-refractivity contribution in [2.45, 2.75) is 51.4 Å². The molecule has 0 aliphatic heterocycles. The summed E-state index contributed by atoms with van der Waals surface area (Å²) >= 11 is 0. The number of carbonyl (C=O) groups is 1. The fraction of sp³-hybridized carbons (Fsp3) is 0.750. The highest BCUT2D eigenvalue weighted by Crippen LogP contribution is 2.33. The van der Waals surface area contributed by atoms with Crippen LogP contribution in [0.3, 0.4) is 0 Å². The van der Waals surface area contributed by atoms with Crippen molar-refractivity contribution in [1.29, 1.82) is 0 Å². The van der Waals surface area contributed by atoms with E-state index in [0.29, 0.717) is 24.5 Å². The first-order valence-corrected chi connectivity index (χ1v) is 5.71. The second-order valence-electron chi connectivity index (χ2n) is 4.56. The minimum Gasteiger partial charge on any atom is -0.512 e. The van der Waals surface area contributed by atoms with Crippen LogP contribution in [-0.2, 0) is 4.79 Å². The lowest BCUT2D eigenvalue weighted by Crippen LogP contribution is -2.10.